The molecule has 0 aliphatic rings. The van der Waals surface area contributed by atoms with Gasteiger partial charge in [-0.15, -0.1) is 11.8 Å². The predicted octanol–water partition coefficient (Wildman–Crippen LogP) is 2.99. The van der Waals surface area contributed by atoms with Crippen molar-refractivity contribution < 1.29 is 18.3 Å². The maximum absolute atomic E-state index is 13.6. The number of carbonyl (C=O) groups is 1. The highest BCUT2D eigenvalue weighted by molar-refractivity contribution is 7.99. The summed E-state index contributed by atoms with van der Waals surface area (Å²) in [5, 5.41) is 3.10. The average Bonchev–Trinajstić information content (AvgIpc) is 2.38. The molecule has 0 aliphatic heterocycles. The smallest absolute Gasteiger partial charge is 0.326 e. The molecular weight excluding hydrogens is 284 g/mol. The van der Waals surface area contributed by atoms with Crippen molar-refractivity contribution in [2.45, 2.75) is 37.2 Å². The first-order valence-corrected chi connectivity index (χ1v) is 7.21. The Morgan fingerprint density at radius 2 is 2.10 bits per heavy atom. The normalized spacial score (nSPS) is 14.2. The summed E-state index contributed by atoms with van der Waals surface area (Å²) >= 11 is 1.08. The summed E-state index contributed by atoms with van der Waals surface area (Å²) in [6.07, 6.45) is 0. The predicted molar refractivity (Wildman–Crippen MR) is 75.8 cm³/mol. The minimum Gasteiger partial charge on any atom is -0.468 e. The number of halogens is 2. The lowest BCUT2D eigenvalue weighted by Crippen LogP contribution is -2.54. The second-order valence-electron chi connectivity index (χ2n) is 4.99. The largest absolute Gasteiger partial charge is 0.468 e. The van der Waals surface area contributed by atoms with Gasteiger partial charge in [0.05, 0.1) is 7.11 Å². The molecule has 0 heterocycles. The zero-order chi connectivity index (χ0) is 15.3. The molecule has 112 valence electrons. The quantitative estimate of drug-likeness (QED) is 0.648. The van der Waals surface area contributed by atoms with Crippen LogP contribution in [0.25, 0.3) is 0 Å². The number of hydrogen-bond donors (Lipinski definition) is 1. The summed E-state index contributed by atoms with van der Waals surface area (Å²) in [7, 11) is 1.30. The standard InChI is InChI=1S/C14H19F2NO2S/c1-9(2)17-14(3,13(18)19-4)8-20-12-7-10(15)5-6-11(12)16/h5-7,9,17H,8H2,1-4H3. The molecule has 3 nitrogen and oxygen atoms in total. The van der Waals surface area contributed by atoms with Gasteiger partial charge >= 0.3 is 5.97 Å². The summed E-state index contributed by atoms with van der Waals surface area (Å²) in [5.41, 5.74) is -0.966. The van der Waals surface area contributed by atoms with E-state index in [0.717, 1.165) is 30.0 Å². The number of ether oxygens (including phenoxy) is 1. The highest BCUT2D eigenvalue weighted by Crippen LogP contribution is 2.27. The SMILES string of the molecule is COC(=O)C(C)(CSc1cc(F)ccc1F)NC(C)C. The maximum Gasteiger partial charge on any atom is 0.326 e. The molecule has 0 spiro atoms. The molecule has 0 aliphatic carbocycles. The van der Waals surface area contributed by atoms with Crippen LogP contribution in [0.1, 0.15) is 20.8 Å². The van der Waals surface area contributed by atoms with Crippen molar-refractivity contribution in [2.75, 3.05) is 12.9 Å². The van der Waals surface area contributed by atoms with Gasteiger partial charge in [-0.1, -0.05) is 0 Å². The monoisotopic (exact) mass is 303 g/mol. The second kappa shape index (κ2) is 7.04. The van der Waals surface area contributed by atoms with E-state index >= 15 is 0 Å². The number of rotatable bonds is 6. The first-order valence-electron chi connectivity index (χ1n) is 6.22. The zero-order valence-electron chi connectivity index (χ0n) is 12.0. The fourth-order valence-corrected chi connectivity index (χ4v) is 2.88. The lowest BCUT2D eigenvalue weighted by Gasteiger charge is -2.29. The summed E-state index contributed by atoms with van der Waals surface area (Å²) in [6.45, 7) is 5.48. The third-order valence-corrected chi connectivity index (χ3v) is 4.00. The Kier molecular flexibility index (Phi) is 5.95. The number of hydrogen-bond acceptors (Lipinski definition) is 4. The molecule has 6 heteroatoms. The van der Waals surface area contributed by atoms with Crippen molar-refractivity contribution in [1.29, 1.82) is 0 Å². The molecule has 1 aromatic rings. The number of methoxy groups -OCH3 is 1. The maximum atomic E-state index is 13.6. The van der Waals surface area contributed by atoms with E-state index in [9.17, 15) is 13.6 Å². The van der Waals surface area contributed by atoms with E-state index in [4.69, 9.17) is 4.74 Å². The van der Waals surface area contributed by atoms with Crippen LogP contribution in [0.4, 0.5) is 8.78 Å². The Morgan fingerprint density at radius 1 is 1.45 bits per heavy atom. The number of nitrogens with one attached hydrogen (secondary N) is 1. The van der Waals surface area contributed by atoms with Crippen LogP contribution in [0.2, 0.25) is 0 Å². The molecule has 0 saturated heterocycles. The molecule has 0 fully saturated rings. The van der Waals surface area contributed by atoms with Gasteiger partial charge in [-0.25, -0.2) is 8.78 Å². The minimum atomic E-state index is -0.966. The summed E-state index contributed by atoms with van der Waals surface area (Å²) < 4.78 is 31.5. The van der Waals surface area contributed by atoms with Gasteiger partial charge in [0.2, 0.25) is 0 Å². The van der Waals surface area contributed by atoms with Gasteiger partial charge < -0.3 is 4.74 Å². The zero-order valence-corrected chi connectivity index (χ0v) is 12.8. The summed E-state index contributed by atoms with van der Waals surface area (Å²) in [5.74, 6) is -1.22. The molecule has 0 amide bonds. The lowest BCUT2D eigenvalue weighted by molar-refractivity contribution is -0.147. The molecule has 1 atom stereocenters. The number of thioether (sulfide) groups is 1. The van der Waals surface area contributed by atoms with Gasteiger partial charge in [0.25, 0.3) is 0 Å². The van der Waals surface area contributed by atoms with Crippen molar-refractivity contribution in [1.82, 2.24) is 5.32 Å². The Bertz CT molecular complexity index is 482. The number of benzene rings is 1. The van der Waals surface area contributed by atoms with Gasteiger partial charge in [-0.2, -0.15) is 0 Å². The molecule has 0 saturated carbocycles. The van der Waals surface area contributed by atoms with E-state index in [1.807, 2.05) is 13.8 Å². The summed E-state index contributed by atoms with van der Waals surface area (Å²) in [4.78, 5) is 12.0. The van der Waals surface area contributed by atoms with E-state index in [1.54, 1.807) is 6.92 Å². The van der Waals surface area contributed by atoms with Crippen molar-refractivity contribution in [3.05, 3.63) is 29.8 Å². The highest BCUT2D eigenvalue weighted by Gasteiger charge is 2.35. The molecular formula is C14H19F2NO2S. The first-order chi connectivity index (χ1) is 9.28. The van der Waals surface area contributed by atoms with Crippen LogP contribution in [-0.4, -0.2) is 30.4 Å². The fraction of sp³-hybridized carbons (Fsp3) is 0.500. The van der Waals surface area contributed by atoms with Crippen LogP contribution in [0.5, 0.6) is 0 Å². The first kappa shape index (κ1) is 16.9. The average molecular weight is 303 g/mol. The molecule has 0 aromatic heterocycles. The van der Waals surface area contributed by atoms with Crippen molar-refractivity contribution in [2.24, 2.45) is 0 Å². The van der Waals surface area contributed by atoms with E-state index in [0.29, 0.717) is 0 Å². The van der Waals surface area contributed by atoms with Crippen molar-refractivity contribution >= 4 is 17.7 Å². The third kappa shape index (κ3) is 4.45. The number of esters is 1. The highest BCUT2D eigenvalue weighted by atomic mass is 32.2. The lowest BCUT2D eigenvalue weighted by atomic mass is 10.0. The van der Waals surface area contributed by atoms with Gasteiger partial charge in [0.15, 0.2) is 0 Å². The topological polar surface area (TPSA) is 38.3 Å². The van der Waals surface area contributed by atoms with E-state index < -0.39 is 23.1 Å². The second-order valence-corrected chi connectivity index (χ2v) is 6.00. The third-order valence-electron chi connectivity index (χ3n) is 2.65. The van der Waals surface area contributed by atoms with Gasteiger partial charge in [0.1, 0.15) is 17.2 Å². The molecule has 20 heavy (non-hydrogen) atoms. The van der Waals surface area contributed by atoms with Crippen LogP contribution in [0, 0.1) is 11.6 Å². The Hall–Kier alpha value is -1.14. The molecule has 1 unspecified atom stereocenters. The molecule has 1 rings (SSSR count). The van der Waals surface area contributed by atoms with Crippen LogP contribution in [-0.2, 0) is 9.53 Å². The van der Waals surface area contributed by atoms with Crippen molar-refractivity contribution in [3.63, 3.8) is 0 Å². The van der Waals surface area contributed by atoms with E-state index in [-0.39, 0.29) is 16.7 Å². The van der Waals surface area contributed by atoms with E-state index in [2.05, 4.69) is 5.32 Å². The molecule has 1 N–H and O–H groups in total. The van der Waals surface area contributed by atoms with Gasteiger partial charge in [-0.3, -0.25) is 10.1 Å². The molecule has 0 bridgehead atoms. The van der Waals surface area contributed by atoms with Crippen LogP contribution in [0.15, 0.2) is 23.1 Å². The molecule has 0 radical (unpaired) electrons. The van der Waals surface area contributed by atoms with Gasteiger partial charge in [0, 0.05) is 16.7 Å². The van der Waals surface area contributed by atoms with Crippen molar-refractivity contribution in [3.8, 4) is 0 Å². The summed E-state index contributed by atoms with van der Waals surface area (Å²) in [6, 6.07) is 3.30. The van der Waals surface area contributed by atoms with E-state index in [1.165, 1.54) is 7.11 Å². The Balaban J connectivity index is 2.86. The Labute approximate surface area is 122 Å². The van der Waals surface area contributed by atoms with Crippen LogP contribution in [0.3, 0.4) is 0 Å². The molecule has 1 aromatic carbocycles. The minimum absolute atomic E-state index is 0.0528. The Morgan fingerprint density at radius 3 is 2.65 bits per heavy atom. The van der Waals surface area contributed by atoms with Crippen LogP contribution >= 0.6 is 11.8 Å². The van der Waals surface area contributed by atoms with Crippen LogP contribution < -0.4 is 5.32 Å². The van der Waals surface area contributed by atoms with Gasteiger partial charge in [-0.05, 0) is 39.0 Å². The number of carbonyl (C=O) groups excluding carboxylic acids is 1. The fourth-order valence-electron chi connectivity index (χ4n) is 1.83.